The van der Waals surface area contributed by atoms with Gasteiger partial charge in [0, 0.05) is 41.9 Å². The average molecular weight is 518 g/mol. The molecule has 0 saturated carbocycles. The monoisotopic (exact) mass is 517 g/mol. The number of H-pyrrole nitrogens is 1. The third kappa shape index (κ3) is 6.21. The number of amides is 1. The summed E-state index contributed by atoms with van der Waals surface area (Å²) in [4.78, 5) is 25.6. The first-order valence-electron chi connectivity index (χ1n) is 11.1. The predicted octanol–water partition coefficient (Wildman–Crippen LogP) is 3.34. The second kappa shape index (κ2) is 11.0. The van der Waals surface area contributed by atoms with Gasteiger partial charge in [0.25, 0.3) is 0 Å². The summed E-state index contributed by atoms with van der Waals surface area (Å²) in [6.45, 7) is 4.14. The van der Waals surface area contributed by atoms with Gasteiger partial charge >= 0.3 is 6.09 Å². The number of likely N-dealkylation sites (tertiary alicyclic amines) is 1. The van der Waals surface area contributed by atoms with E-state index in [4.69, 9.17) is 9.47 Å². The fourth-order valence-electron chi connectivity index (χ4n) is 3.75. The van der Waals surface area contributed by atoms with Crippen molar-refractivity contribution in [2.45, 2.75) is 31.9 Å². The lowest BCUT2D eigenvalue weighted by Crippen LogP contribution is -2.47. The highest BCUT2D eigenvalue weighted by Gasteiger charge is 2.23. The maximum Gasteiger partial charge on any atom is 0.409 e. The summed E-state index contributed by atoms with van der Waals surface area (Å²) in [7, 11) is 0. The molecule has 9 nitrogen and oxygen atoms in total. The Hall–Kier alpha value is -2.69. The van der Waals surface area contributed by atoms with Gasteiger partial charge in [0.15, 0.2) is 5.65 Å². The summed E-state index contributed by atoms with van der Waals surface area (Å²) in [5.74, 6) is 1.41. The van der Waals surface area contributed by atoms with Crippen LogP contribution in [0.15, 0.2) is 41.0 Å². The minimum atomic E-state index is -0.632. The number of fused-ring (bicyclic) bond motifs is 1. The van der Waals surface area contributed by atoms with Crippen molar-refractivity contribution in [2.24, 2.45) is 0 Å². The standard InChI is InChI=1S/C23H28BrN5O4/c1-2-32-23(31)29-9-7-17(8-10-29)25-13-18(30)14-33-19-5-3-15(4-6-19)21-27-20-11-16(24)12-26-22(20)28-21/h3-6,11-12,17-18,25,30H,2,7-10,13-14H2,1H3,(H,26,27,28). The van der Waals surface area contributed by atoms with Crippen molar-refractivity contribution in [3.63, 3.8) is 0 Å². The van der Waals surface area contributed by atoms with Crippen LogP contribution >= 0.6 is 15.9 Å². The molecule has 0 radical (unpaired) electrons. The number of aromatic amines is 1. The zero-order valence-electron chi connectivity index (χ0n) is 18.5. The third-order valence-corrected chi connectivity index (χ3v) is 5.97. The third-order valence-electron chi connectivity index (χ3n) is 5.54. The average Bonchev–Trinajstić information content (AvgIpc) is 3.25. The molecule has 2 aromatic heterocycles. The van der Waals surface area contributed by atoms with Crippen molar-refractivity contribution in [3.05, 3.63) is 41.0 Å². The van der Waals surface area contributed by atoms with Gasteiger partial charge in [0.1, 0.15) is 29.8 Å². The van der Waals surface area contributed by atoms with Crippen molar-refractivity contribution >= 4 is 33.2 Å². The summed E-state index contributed by atoms with van der Waals surface area (Å²) < 4.78 is 11.7. The molecule has 1 saturated heterocycles. The molecule has 0 aliphatic carbocycles. The number of ether oxygens (including phenoxy) is 2. The molecule has 33 heavy (non-hydrogen) atoms. The summed E-state index contributed by atoms with van der Waals surface area (Å²) in [5.41, 5.74) is 2.45. The second-order valence-electron chi connectivity index (χ2n) is 7.96. The fourth-order valence-corrected chi connectivity index (χ4v) is 4.07. The van der Waals surface area contributed by atoms with E-state index in [1.165, 1.54) is 0 Å². The van der Waals surface area contributed by atoms with Crippen LogP contribution in [0.25, 0.3) is 22.6 Å². The first-order valence-corrected chi connectivity index (χ1v) is 11.9. The van der Waals surface area contributed by atoms with Crippen LogP contribution in [0.3, 0.4) is 0 Å². The number of pyridine rings is 1. The number of nitrogens with zero attached hydrogens (tertiary/aromatic N) is 3. The zero-order chi connectivity index (χ0) is 23.2. The molecule has 176 valence electrons. The topological polar surface area (TPSA) is 113 Å². The Balaban J connectivity index is 1.20. The van der Waals surface area contributed by atoms with E-state index in [1.807, 2.05) is 37.3 Å². The quantitative estimate of drug-likeness (QED) is 0.419. The molecule has 4 rings (SSSR count). The Morgan fingerprint density at radius 1 is 1.33 bits per heavy atom. The lowest BCUT2D eigenvalue weighted by Gasteiger charge is -2.32. The van der Waals surface area contributed by atoms with E-state index in [1.54, 1.807) is 11.1 Å². The Bertz CT molecular complexity index is 1070. The molecule has 1 unspecified atom stereocenters. The van der Waals surface area contributed by atoms with E-state index in [0.717, 1.165) is 39.9 Å². The van der Waals surface area contributed by atoms with Gasteiger partial charge in [-0.1, -0.05) is 0 Å². The number of piperidine rings is 1. The largest absolute Gasteiger partial charge is 0.491 e. The van der Waals surface area contributed by atoms with Gasteiger partial charge in [-0.2, -0.15) is 0 Å². The summed E-state index contributed by atoms with van der Waals surface area (Å²) in [5, 5.41) is 13.7. The van der Waals surface area contributed by atoms with Crippen LogP contribution in [0.2, 0.25) is 0 Å². The zero-order valence-corrected chi connectivity index (χ0v) is 20.0. The molecule has 3 aromatic rings. The SMILES string of the molecule is CCOC(=O)N1CCC(NCC(O)COc2ccc(-c3nc4cc(Br)cnc4[nH]3)cc2)CC1. The number of hydrogen-bond donors (Lipinski definition) is 3. The van der Waals surface area contributed by atoms with Crippen LogP contribution in [0.5, 0.6) is 5.75 Å². The number of rotatable bonds is 8. The molecule has 1 fully saturated rings. The molecule has 1 atom stereocenters. The molecule has 1 amide bonds. The van der Waals surface area contributed by atoms with Crippen molar-refractivity contribution < 1.29 is 19.4 Å². The summed E-state index contributed by atoms with van der Waals surface area (Å²) >= 11 is 3.41. The molecule has 3 heterocycles. The van der Waals surface area contributed by atoms with Gasteiger partial charge < -0.3 is 29.8 Å². The minimum Gasteiger partial charge on any atom is -0.491 e. The van der Waals surface area contributed by atoms with Crippen LogP contribution < -0.4 is 10.1 Å². The van der Waals surface area contributed by atoms with Crippen molar-refractivity contribution in [1.82, 2.24) is 25.2 Å². The van der Waals surface area contributed by atoms with Gasteiger partial charge in [-0.3, -0.25) is 0 Å². The number of halogens is 1. The summed E-state index contributed by atoms with van der Waals surface area (Å²) in [6.07, 6.45) is 2.52. The molecule has 0 bridgehead atoms. The number of carbonyl (C=O) groups is 1. The van der Waals surface area contributed by atoms with Crippen LogP contribution in [0.4, 0.5) is 4.79 Å². The number of aliphatic hydroxyl groups excluding tert-OH is 1. The molecule has 1 aromatic carbocycles. The van der Waals surface area contributed by atoms with Crippen molar-refractivity contribution in [2.75, 3.05) is 32.8 Å². The number of nitrogens with one attached hydrogen (secondary N) is 2. The number of carbonyl (C=O) groups excluding carboxylic acids is 1. The predicted molar refractivity (Wildman–Crippen MR) is 128 cm³/mol. The fraction of sp³-hybridized carbons (Fsp3) is 0.435. The van der Waals surface area contributed by atoms with E-state index in [0.29, 0.717) is 32.0 Å². The minimum absolute atomic E-state index is 0.191. The maximum atomic E-state index is 11.8. The lowest BCUT2D eigenvalue weighted by atomic mass is 10.1. The van der Waals surface area contributed by atoms with Crippen LogP contribution in [0, 0.1) is 0 Å². The smallest absolute Gasteiger partial charge is 0.409 e. The van der Waals surface area contributed by atoms with Gasteiger partial charge in [0.2, 0.25) is 0 Å². The number of aromatic nitrogens is 3. The van der Waals surface area contributed by atoms with E-state index in [2.05, 4.69) is 36.2 Å². The van der Waals surface area contributed by atoms with E-state index < -0.39 is 6.10 Å². The molecule has 10 heteroatoms. The Morgan fingerprint density at radius 2 is 2.09 bits per heavy atom. The second-order valence-corrected chi connectivity index (χ2v) is 8.88. The van der Waals surface area contributed by atoms with Gasteiger partial charge in [-0.15, -0.1) is 0 Å². The molecular weight excluding hydrogens is 490 g/mol. The highest BCUT2D eigenvalue weighted by molar-refractivity contribution is 9.10. The Labute approximate surface area is 200 Å². The van der Waals surface area contributed by atoms with Gasteiger partial charge in [-0.25, -0.2) is 14.8 Å². The Kier molecular flexibility index (Phi) is 7.79. The van der Waals surface area contributed by atoms with E-state index >= 15 is 0 Å². The van der Waals surface area contributed by atoms with Crippen molar-refractivity contribution in [1.29, 1.82) is 0 Å². The molecule has 1 aliphatic rings. The maximum absolute atomic E-state index is 11.8. The number of aliphatic hydroxyl groups is 1. The van der Waals surface area contributed by atoms with Crippen LogP contribution in [-0.4, -0.2) is 76.0 Å². The Morgan fingerprint density at radius 3 is 2.82 bits per heavy atom. The molecular formula is C23H28BrN5O4. The van der Waals surface area contributed by atoms with Gasteiger partial charge in [-0.05, 0) is 66.0 Å². The normalized spacial score (nSPS) is 15.5. The van der Waals surface area contributed by atoms with E-state index in [9.17, 15) is 9.90 Å². The first-order chi connectivity index (χ1) is 16.0. The molecule has 1 aliphatic heterocycles. The molecule has 3 N–H and O–H groups in total. The highest BCUT2D eigenvalue weighted by Crippen LogP contribution is 2.23. The highest BCUT2D eigenvalue weighted by atomic mass is 79.9. The lowest BCUT2D eigenvalue weighted by molar-refractivity contribution is 0.0860. The van der Waals surface area contributed by atoms with Crippen LogP contribution in [0.1, 0.15) is 19.8 Å². The van der Waals surface area contributed by atoms with E-state index in [-0.39, 0.29) is 18.7 Å². The summed E-state index contributed by atoms with van der Waals surface area (Å²) in [6, 6.07) is 9.74. The number of imidazole rings is 1. The first kappa shape index (κ1) is 23.5. The van der Waals surface area contributed by atoms with Gasteiger partial charge in [0.05, 0.1) is 6.61 Å². The van der Waals surface area contributed by atoms with Crippen LogP contribution in [-0.2, 0) is 4.74 Å². The number of hydrogen-bond acceptors (Lipinski definition) is 7. The van der Waals surface area contributed by atoms with Crippen molar-refractivity contribution in [3.8, 4) is 17.1 Å². The molecule has 0 spiro atoms. The number of benzene rings is 1.